The van der Waals surface area contributed by atoms with Crippen LogP contribution in [-0.2, 0) is 0 Å². The normalized spacial score (nSPS) is 10.2. The van der Waals surface area contributed by atoms with Crippen molar-refractivity contribution < 1.29 is 19.0 Å². The van der Waals surface area contributed by atoms with Gasteiger partial charge in [-0.05, 0) is 70.5 Å². The molecule has 0 atom stereocenters. The van der Waals surface area contributed by atoms with Gasteiger partial charge in [0.25, 0.3) is 5.91 Å². The van der Waals surface area contributed by atoms with Crippen molar-refractivity contribution >= 4 is 27.5 Å². The number of amides is 1. The first kappa shape index (κ1) is 21.5. The Kier molecular flexibility index (Phi) is 7.92. The van der Waals surface area contributed by atoms with Crippen LogP contribution < -0.4 is 19.5 Å². The van der Waals surface area contributed by atoms with Crippen molar-refractivity contribution in [3.05, 3.63) is 95.5 Å². The van der Waals surface area contributed by atoms with E-state index in [4.69, 9.17) is 14.2 Å². The maximum atomic E-state index is 12.5. The molecule has 3 aromatic rings. The van der Waals surface area contributed by atoms with Crippen LogP contribution in [0.25, 0.3) is 0 Å². The lowest BCUT2D eigenvalue weighted by molar-refractivity contribution is 0.102. The maximum absolute atomic E-state index is 12.5. The van der Waals surface area contributed by atoms with E-state index in [-0.39, 0.29) is 5.91 Å². The maximum Gasteiger partial charge on any atom is 0.255 e. The van der Waals surface area contributed by atoms with Gasteiger partial charge in [0.2, 0.25) is 0 Å². The fourth-order valence-corrected chi connectivity index (χ4v) is 3.07. The molecule has 154 valence electrons. The Morgan fingerprint density at radius 2 is 1.57 bits per heavy atom. The minimum absolute atomic E-state index is 0.212. The molecule has 0 saturated carbocycles. The highest BCUT2D eigenvalue weighted by Crippen LogP contribution is 2.26. The molecule has 0 bridgehead atoms. The van der Waals surface area contributed by atoms with Crippen LogP contribution in [-0.4, -0.2) is 25.7 Å². The smallest absolute Gasteiger partial charge is 0.255 e. The van der Waals surface area contributed by atoms with E-state index >= 15 is 0 Å². The molecule has 30 heavy (non-hydrogen) atoms. The molecule has 1 amide bonds. The Hall–Kier alpha value is -3.25. The molecule has 0 aliphatic carbocycles. The molecule has 0 aromatic heterocycles. The number of ether oxygens (including phenoxy) is 3. The van der Waals surface area contributed by atoms with Crippen molar-refractivity contribution in [1.29, 1.82) is 0 Å². The van der Waals surface area contributed by atoms with Crippen LogP contribution in [0.15, 0.2) is 89.9 Å². The molecule has 0 aliphatic rings. The first-order chi connectivity index (χ1) is 14.7. The number of nitrogens with one attached hydrogen (secondary N) is 1. The van der Waals surface area contributed by atoms with Gasteiger partial charge in [0.15, 0.2) is 0 Å². The summed E-state index contributed by atoms with van der Waals surface area (Å²) in [5.74, 6) is 1.96. The summed E-state index contributed by atoms with van der Waals surface area (Å²) in [4.78, 5) is 12.5. The van der Waals surface area contributed by atoms with Crippen LogP contribution in [0.2, 0.25) is 0 Å². The monoisotopic (exact) mass is 467 g/mol. The number of carbonyl (C=O) groups is 1. The summed E-state index contributed by atoms with van der Waals surface area (Å²) in [7, 11) is 0. The number of hydrogen-bond donors (Lipinski definition) is 1. The summed E-state index contributed by atoms with van der Waals surface area (Å²) in [5.41, 5.74) is 1.20. The molecule has 0 heterocycles. The highest BCUT2D eigenvalue weighted by atomic mass is 79.9. The van der Waals surface area contributed by atoms with E-state index in [0.717, 1.165) is 5.75 Å². The Bertz CT molecular complexity index is 974. The Morgan fingerprint density at radius 1 is 0.900 bits per heavy atom. The zero-order valence-electron chi connectivity index (χ0n) is 16.3. The van der Waals surface area contributed by atoms with E-state index in [2.05, 4.69) is 27.8 Å². The Morgan fingerprint density at radius 3 is 2.20 bits per heavy atom. The van der Waals surface area contributed by atoms with Crippen LogP contribution in [0.4, 0.5) is 5.69 Å². The molecule has 0 spiro atoms. The second-order valence-corrected chi connectivity index (χ2v) is 7.09. The van der Waals surface area contributed by atoms with Gasteiger partial charge < -0.3 is 19.5 Å². The average Bonchev–Trinajstić information content (AvgIpc) is 2.77. The lowest BCUT2D eigenvalue weighted by Gasteiger charge is -2.10. The summed E-state index contributed by atoms with van der Waals surface area (Å²) < 4.78 is 17.5. The Balaban J connectivity index is 1.48. The quantitative estimate of drug-likeness (QED) is 0.305. The van der Waals surface area contributed by atoms with Gasteiger partial charge in [0, 0.05) is 11.3 Å². The molecule has 0 radical (unpaired) electrons. The molecule has 6 heteroatoms. The van der Waals surface area contributed by atoms with E-state index in [1.165, 1.54) is 0 Å². The number of halogens is 1. The summed E-state index contributed by atoms with van der Waals surface area (Å²) in [6, 6.07) is 22.0. The van der Waals surface area contributed by atoms with Gasteiger partial charge >= 0.3 is 0 Å². The Labute approximate surface area is 184 Å². The highest BCUT2D eigenvalue weighted by Gasteiger charge is 2.10. The third kappa shape index (κ3) is 6.39. The van der Waals surface area contributed by atoms with Crippen molar-refractivity contribution in [3.63, 3.8) is 0 Å². The van der Waals surface area contributed by atoms with E-state index in [1.54, 1.807) is 48.5 Å². The topological polar surface area (TPSA) is 56.8 Å². The zero-order chi connectivity index (χ0) is 21.2. The molecule has 1 N–H and O–H groups in total. The zero-order valence-corrected chi connectivity index (χ0v) is 17.9. The summed E-state index contributed by atoms with van der Waals surface area (Å²) >= 11 is 3.42. The summed E-state index contributed by atoms with van der Waals surface area (Å²) in [5, 5.41) is 2.87. The predicted molar refractivity (Wildman–Crippen MR) is 122 cm³/mol. The summed E-state index contributed by atoms with van der Waals surface area (Å²) in [6.45, 7) is 4.89. The standard InChI is InChI=1S/C24H22BrNO4/c1-2-14-30-23-13-8-18(17-22(23)25)24(27)26-19-9-11-21(12-10-19)29-16-15-28-20-6-4-3-5-7-20/h2-13,17H,1,14-16H2,(H,26,27). The number of para-hydroxylation sites is 1. The van der Waals surface area contributed by atoms with Gasteiger partial charge in [0.05, 0.1) is 4.47 Å². The molecular formula is C24H22BrNO4. The van der Waals surface area contributed by atoms with Gasteiger partial charge in [-0.3, -0.25) is 4.79 Å². The molecule has 0 aliphatic heterocycles. The van der Waals surface area contributed by atoms with Crippen molar-refractivity contribution in [2.45, 2.75) is 0 Å². The van der Waals surface area contributed by atoms with Crippen LogP contribution in [0.5, 0.6) is 17.2 Å². The van der Waals surface area contributed by atoms with Gasteiger partial charge in [0.1, 0.15) is 37.1 Å². The molecule has 0 saturated heterocycles. The first-order valence-electron chi connectivity index (χ1n) is 9.41. The van der Waals surface area contributed by atoms with Gasteiger partial charge in [-0.15, -0.1) is 0 Å². The number of carbonyl (C=O) groups excluding carboxylic acids is 1. The second-order valence-electron chi connectivity index (χ2n) is 6.23. The third-order valence-corrected chi connectivity index (χ3v) is 4.65. The summed E-state index contributed by atoms with van der Waals surface area (Å²) in [6.07, 6.45) is 1.66. The average molecular weight is 468 g/mol. The lowest BCUT2D eigenvalue weighted by atomic mass is 10.2. The molecular weight excluding hydrogens is 446 g/mol. The van der Waals surface area contributed by atoms with Crippen molar-refractivity contribution in [1.82, 2.24) is 0 Å². The number of anilines is 1. The second kappa shape index (κ2) is 11.1. The van der Waals surface area contributed by atoms with Gasteiger partial charge in [-0.25, -0.2) is 0 Å². The lowest BCUT2D eigenvalue weighted by Crippen LogP contribution is -2.12. The molecule has 3 aromatic carbocycles. The predicted octanol–water partition coefficient (Wildman–Crippen LogP) is 5.72. The van der Waals surface area contributed by atoms with Crippen LogP contribution in [0, 0.1) is 0 Å². The minimum Gasteiger partial charge on any atom is -0.490 e. The van der Waals surface area contributed by atoms with Crippen molar-refractivity contribution in [3.8, 4) is 17.2 Å². The molecule has 0 unspecified atom stereocenters. The number of rotatable bonds is 10. The molecule has 3 rings (SSSR count). The van der Waals surface area contributed by atoms with Crippen LogP contribution in [0.1, 0.15) is 10.4 Å². The fraction of sp³-hybridized carbons (Fsp3) is 0.125. The minimum atomic E-state index is -0.212. The van der Waals surface area contributed by atoms with E-state index < -0.39 is 0 Å². The number of hydrogen-bond acceptors (Lipinski definition) is 4. The third-order valence-electron chi connectivity index (χ3n) is 4.03. The van der Waals surface area contributed by atoms with E-state index in [0.29, 0.717) is 47.0 Å². The molecule has 0 fully saturated rings. The first-order valence-corrected chi connectivity index (χ1v) is 10.2. The fourth-order valence-electron chi connectivity index (χ4n) is 2.58. The van der Waals surface area contributed by atoms with E-state index in [9.17, 15) is 4.79 Å². The van der Waals surface area contributed by atoms with Crippen LogP contribution in [0.3, 0.4) is 0 Å². The van der Waals surface area contributed by atoms with Crippen LogP contribution >= 0.6 is 15.9 Å². The van der Waals surface area contributed by atoms with Gasteiger partial charge in [-0.2, -0.15) is 0 Å². The van der Waals surface area contributed by atoms with Gasteiger partial charge in [-0.1, -0.05) is 30.9 Å². The van der Waals surface area contributed by atoms with Crippen molar-refractivity contribution in [2.24, 2.45) is 0 Å². The molecule has 5 nitrogen and oxygen atoms in total. The largest absolute Gasteiger partial charge is 0.490 e. The van der Waals surface area contributed by atoms with E-state index in [1.807, 2.05) is 30.3 Å². The number of benzene rings is 3. The van der Waals surface area contributed by atoms with Crippen molar-refractivity contribution in [2.75, 3.05) is 25.1 Å². The SMILES string of the molecule is C=CCOc1ccc(C(=O)Nc2ccc(OCCOc3ccccc3)cc2)cc1Br. The highest BCUT2D eigenvalue weighted by molar-refractivity contribution is 9.10.